The van der Waals surface area contributed by atoms with E-state index in [-0.39, 0.29) is 22.8 Å². The average Bonchev–Trinajstić information content (AvgIpc) is 3.34. The quantitative estimate of drug-likeness (QED) is 0.352. The largest absolute Gasteiger partial charge is 0.417 e. The van der Waals surface area contributed by atoms with Gasteiger partial charge in [-0.1, -0.05) is 49.9 Å². The van der Waals surface area contributed by atoms with Gasteiger partial charge in [0.15, 0.2) is 0 Å². The number of likely N-dealkylation sites (N-methyl/N-ethyl adjacent to an activating group) is 1. The van der Waals surface area contributed by atoms with Crippen LogP contribution in [0.2, 0.25) is 0 Å². The molecule has 1 amide bonds. The first-order valence-corrected chi connectivity index (χ1v) is 12.8. The number of amides is 1. The molecule has 3 aromatic rings. The lowest BCUT2D eigenvalue weighted by molar-refractivity contribution is -0.139. The van der Waals surface area contributed by atoms with Crippen molar-refractivity contribution in [2.24, 2.45) is 0 Å². The van der Waals surface area contributed by atoms with Crippen LogP contribution in [0, 0.1) is 0 Å². The maximum absolute atomic E-state index is 14.1. The van der Waals surface area contributed by atoms with Gasteiger partial charge in [0.25, 0.3) is 0 Å². The van der Waals surface area contributed by atoms with E-state index in [1.807, 2.05) is 44.2 Å². The predicted molar refractivity (Wildman–Crippen MR) is 138 cm³/mol. The second-order valence-electron chi connectivity index (χ2n) is 9.42. The van der Waals surface area contributed by atoms with Gasteiger partial charge in [-0.15, -0.1) is 0 Å². The summed E-state index contributed by atoms with van der Waals surface area (Å²) in [4.78, 5) is 21.0. The van der Waals surface area contributed by atoms with Gasteiger partial charge >= 0.3 is 6.18 Å². The number of halogens is 3. The first kappa shape index (κ1) is 26.1. The number of carbonyl (C=O) groups is 1. The monoisotopic (exact) mass is 513 g/mol. The van der Waals surface area contributed by atoms with Gasteiger partial charge in [0.1, 0.15) is 5.82 Å². The van der Waals surface area contributed by atoms with Crippen molar-refractivity contribution in [2.75, 3.05) is 25.0 Å². The number of rotatable bonds is 6. The number of hydrogen-bond donors (Lipinski definition) is 0. The third-order valence-electron chi connectivity index (χ3n) is 6.66. The summed E-state index contributed by atoms with van der Waals surface area (Å²) in [7, 11) is 1.79. The fourth-order valence-corrected chi connectivity index (χ4v) is 5.71. The molecule has 1 atom stereocenters. The summed E-state index contributed by atoms with van der Waals surface area (Å²) in [5.41, 5.74) is 1.54. The molecule has 8 heteroatoms. The molecule has 0 unspecified atom stereocenters. The summed E-state index contributed by atoms with van der Waals surface area (Å²) >= 11 is 1.16. The van der Waals surface area contributed by atoms with Crippen molar-refractivity contribution in [3.8, 4) is 11.1 Å². The van der Waals surface area contributed by atoms with Crippen molar-refractivity contribution in [3.05, 3.63) is 71.9 Å². The van der Waals surface area contributed by atoms with E-state index in [2.05, 4.69) is 9.88 Å². The standard InChI is InChI=1S/C28H30F3N3OS/c1-18(2)23-7-5-6-8-25(23)36-26-10-9-20(15-24(26)28(29,30)31)21-11-13-32-27(16-21)34-14-12-22(17-34)33(4)19(3)35/h5-11,13,15-16,18,22H,12,14,17H2,1-4H3/t22-/m1/s1. The van der Waals surface area contributed by atoms with E-state index in [1.54, 1.807) is 43.3 Å². The zero-order valence-corrected chi connectivity index (χ0v) is 21.7. The van der Waals surface area contributed by atoms with Crippen molar-refractivity contribution >= 4 is 23.5 Å². The van der Waals surface area contributed by atoms with Crippen LogP contribution in [0.1, 0.15) is 44.2 Å². The molecule has 4 nitrogen and oxygen atoms in total. The molecular weight excluding hydrogens is 483 g/mol. The first-order valence-electron chi connectivity index (χ1n) is 12.0. The van der Waals surface area contributed by atoms with Crippen LogP contribution in [0.15, 0.2) is 70.6 Å². The van der Waals surface area contributed by atoms with Crippen LogP contribution in [0.4, 0.5) is 19.0 Å². The number of aromatic nitrogens is 1. The minimum absolute atomic E-state index is 0.0113. The Hall–Kier alpha value is -3.00. The molecular formula is C28H30F3N3OS. The van der Waals surface area contributed by atoms with Gasteiger partial charge in [0.05, 0.1) is 11.6 Å². The summed E-state index contributed by atoms with van der Waals surface area (Å²) in [5.74, 6) is 0.917. The van der Waals surface area contributed by atoms with E-state index in [0.717, 1.165) is 35.2 Å². The number of pyridine rings is 1. The first-order chi connectivity index (χ1) is 17.0. The van der Waals surface area contributed by atoms with Crippen LogP contribution in [0.5, 0.6) is 0 Å². The van der Waals surface area contributed by atoms with Gasteiger partial charge in [0.2, 0.25) is 5.91 Å². The maximum Gasteiger partial charge on any atom is 0.417 e. The molecule has 0 saturated carbocycles. The minimum atomic E-state index is -4.49. The van der Waals surface area contributed by atoms with Gasteiger partial charge in [-0.05, 0) is 59.4 Å². The molecule has 1 aliphatic rings. The summed E-state index contributed by atoms with van der Waals surface area (Å²) in [6.07, 6.45) is -2.04. The SMILES string of the molecule is CC(=O)N(C)[C@@H]1CCN(c2cc(-c3ccc(Sc4ccccc4C(C)C)c(C(F)(F)F)c3)ccn2)C1. The van der Waals surface area contributed by atoms with Crippen LogP contribution >= 0.6 is 11.8 Å². The number of nitrogens with zero attached hydrogens (tertiary/aromatic N) is 3. The lowest BCUT2D eigenvalue weighted by Gasteiger charge is -2.24. The summed E-state index contributed by atoms with van der Waals surface area (Å²) < 4.78 is 42.4. The van der Waals surface area contributed by atoms with Gasteiger partial charge < -0.3 is 9.80 Å². The van der Waals surface area contributed by atoms with E-state index in [0.29, 0.717) is 23.5 Å². The van der Waals surface area contributed by atoms with Crippen molar-refractivity contribution in [2.45, 2.75) is 55.1 Å². The van der Waals surface area contributed by atoms with Gasteiger partial charge in [0, 0.05) is 43.0 Å². The summed E-state index contributed by atoms with van der Waals surface area (Å²) in [5, 5.41) is 0. The number of carbonyl (C=O) groups excluding carboxylic acids is 1. The van der Waals surface area contributed by atoms with Gasteiger partial charge in [-0.2, -0.15) is 13.2 Å². The molecule has 36 heavy (non-hydrogen) atoms. The molecule has 0 aliphatic carbocycles. The fraction of sp³-hybridized carbons (Fsp3) is 0.357. The van der Waals surface area contributed by atoms with Crippen molar-refractivity contribution in [1.29, 1.82) is 0 Å². The van der Waals surface area contributed by atoms with E-state index < -0.39 is 11.7 Å². The molecule has 1 aromatic heterocycles. The maximum atomic E-state index is 14.1. The number of hydrogen-bond acceptors (Lipinski definition) is 4. The second-order valence-corrected chi connectivity index (χ2v) is 10.5. The molecule has 2 aromatic carbocycles. The summed E-state index contributed by atoms with van der Waals surface area (Å²) in [6.45, 7) is 7.00. The van der Waals surface area contributed by atoms with E-state index >= 15 is 0 Å². The van der Waals surface area contributed by atoms with Gasteiger partial charge in [-0.25, -0.2) is 4.98 Å². The van der Waals surface area contributed by atoms with Crippen LogP contribution in [-0.4, -0.2) is 42.0 Å². The fourth-order valence-electron chi connectivity index (χ4n) is 4.48. The molecule has 0 spiro atoms. The number of alkyl halides is 3. The highest BCUT2D eigenvalue weighted by atomic mass is 32.2. The Balaban J connectivity index is 1.64. The molecule has 0 N–H and O–H groups in total. The Morgan fingerprint density at radius 1 is 1.08 bits per heavy atom. The molecule has 0 radical (unpaired) electrons. The molecule has 190 valence electrons. The third kappa shape index (κ3) is 5.69. The van der Waals surface area contributed by atoms with Crippen LogP contribution in [0.25, 0.3) is 11.1 Å². The Morgan fingerprint density at radius 3 is 2.50 bits per heavy atom. The summed E-state index contributed by atoms with van der Waals surface area (Å²) in [6, 6.07) is 15.8. The van der Waals surface area contributed by atoms with E-state index in [1.165, 1.54) is 6.07 Å². The highest BCUT2D eigenvalue weighted by Crippen LogP contribution is 2.43. The highest BCUT2D eigenvalue weighted by Gasteiger charge is 2.34. The molecule has 1 saturated heterocycles. The molecule has 1 fully saturated rings. The predicted octanol–water partition coefficient (Wildman–Crippen LogP) is 7.10. The van der Waals surface area contributed by atoms with E-state index in [9.17, 15) is 18.0 Å². The lowest BCUT2D eigenvalue weighted by atomic mass is 10.0. The van der Waals surface area contributed by atoms with E-state index in [4.69, 9.17) is 0 Å². The molecule has 2 heterocycles. The number of benzene rings is 2. The zero-order chi connectivity index (χ0) is 26.0. The lowest BCUT2D eigenvalue weighted by Crippen LogP contribution is -2.37. The Morgan fingerprint density at radius 2 is 1.81 bits per heavy atom. The molecule has 1 aliphatic heterocycles. The van der Waals surface area contributed by atoms with Crippen LogP contribution < -0.4 is 4.90 Å². The van der Waals surface area contributed by atoms with Crippen molar-refractivity contribution < 1.29 is 18.0 Å². The minimum Gasteiger partial charge on any atom is -0.354 e. The molecule has 4 rings (SSSR count). The third-order valence-corrected chi connectivity index (χ3v) is 7.82. The normalized spacial score (nSPS) is 16.0. The Bertz CT molecular complexity index is 1240. The molecule has 0 bridgehead atoms. The van der Waals surface area contributed by atoms with Crippen LogP contribution in [-0.2, 0) is 11.0 Å². The van der Waals surface area contributed by atoms with Crippen molar-refractivity contribution in [3.63, 3.8) is 0 Å². The Labute approximate surface area is 214 Å². The smallest absolute Gasteiger partial charge is 0.354 e. The highest BCUT2D eigenvalue weighted by molar-refractivity contribution is 7.99. The second kappa shape index (κ2) is 10.5. The van der Waals surface area contributed by atoms with Crippen molar-refractivity contribution in [1.82, 2.24) is 9.88 Å². The number of anilines is 1. The zero-order valence-electron chi connectivity index (χ0n) is 20.8. The topological polar surface area (TPSA) is 36.4 Å². The Kier molecular flexibility index (Phi) is 7.64. The van der Waals surface area contributed by atoms with Crippen LogP contribution in [0.3, 0.4) is 0 Å². The van der Waals surface area contributed by atoms with Gasteiger partial charge in [-0.3, -0.25) is 4.79 Å². The average molecular weight is 514 g/mol.